The molecule has 3 nitrogen and oxygen atoms in total. The number of carbonyl (C=O) groups excluding carboxylic acids is 1. The lowest BCUT2D eigenvalue weighted by Gasteiger charge is -2.05. The van der Waals surface area contributed by atoms with Crippen LogP contribution in [-0.2, 0) is 17.6 Å². The zero-order valence-electron chi connectivity index (χ0n) is 12.7. The number of hydrogen-bond acceptors (Lipinski definition) is 4. The number of nitrogens with one attached hydrogen (secondary N) is 1. The highest BCUT2D eigenvalue weighted by atomic mass is 32.2. The number of amides is 1. The Bertz CT molecular complexity index is 543. The fourth-order valence-electron chi connectivity index (χ4n) is 2.50. The Morgan fingerprint density at radius 3 is 2.86 bits per heavy atom. The maximum Gasteiger partial charge on any atom is 0.235 e. The Balaban J connectivity index is 2.03. The molecule has 1 N–H and O–H groups in total. The number of anilines is 1. The summed E-state index contributed by atoms with van der Waals surface area (Å²) in [7, 11) is 0. The molecule has 1 heterocycles. The lowest BCUT2D eigenvalue weighted by atomic mass is 10.1. The number of thioether (sulfide) groups is 1. The van der Waals surface area contributed by atoms with Crippen molar-refractivity contribution < 1.29 is 4.79 Å². The predicted molar refractivity (Wildman–Crippen MR) is 91.1 cm³/mol. The van der Waals surface area contributed by atoms with Gasteiger partial charge in [-0.1, -0.05) is 20.3 Å². The van der Waals surface area contributed by atoms with Crippen molar-refractivity contribution in [3.05, 3.63) is 16.0 Å². The van der Waals surface area contributed by atoms with Gasteiger partial charge in [0, 0.05) is 4.88 Å². The predicted octanol–water partition coefficient (Wildman–Crippen LogP) is 4.22. The summed E-state index contributed by atoms with van der Waals surface area (Å²) >= 11 is 3.25. The van der Waals surface area contributed by atoms with E-state index >= 15 is 0 Å². The number of carbonyl (C=O) groups is 1. The van der Waals surface area contributed by atoms with E-state index in [9.17, 15) is 10.1 Å². The van der Waals surface area contributed by atoms with Gasteiger partial charge < -0.3 is 5.32 Å². The Morgan fingerprint density at radius 2 is 2.14 bits per heavy atom. The summed E-state index contributed by atoms with van der Waals surface area (Å²) in [5.41, 5.74) is 1.89. The van der Waals surface area contributed by atoms with E-state index in [0.717, 1.165) is 30.0 Å². The van der Waals surface area contributed by atoms with Gasteiger partial charge in [0.2, 0.25) is 5.91 Å². The fraction of sp³-hybridized carbons (Fsp3) is 0.625. The normalized spacial score (nSPS) is 14.4. The molecule has 1 aliphatic carbocycles. The van der Waals surface area contributed by atoms with Gasteiger partial charge >= 0.3 is 0 Å². The second-order valence-corrected chi connectivity index (χ2v) is 7.97. The highest BCUT2D eigenvalue weighted by molar-refractivity contribution is 7.99. The number of aryl methyl sites for hydroxylation is 1. The molecule has 2 rings (SSSR count). The molecule has 1 aromatic heterocycles. The highest BCUT2D eigenvalue weighted by Gasteiger charge is 2.20. The van der Waals surface area contributed by atoms with Crippen molar-refractivity contribution in [3.63, 3.8) is 0 Å². The largest absolute Gasteiger partial charge is 0.316 e. The summed E-state index contributed by atoms with van der Waals surface area (Å²) in [5, 5.41) is 13.1. The van der Waals surface area contributed by atoms with Crippen molar-refractivity contribution in [1.29, 1.82) is 5.26 Å². The summed E-state index contributed by atoms with van der Waals surface area (Å²) < 4.78 is 0. The van der Waals surface area contributed by atoms with Gasteiger partial charge in [-0.15, -0.1) is 11.3 Å². The van der Waals surface area contributed by atoms with Crippen LogP contribution in [0.25, 0.3) is 0 Å². The van der Waals surface area contributed by atoms with Crippen LogP contribution in [-0.4, -0.2) is 17.4 Å². The average Bonchev–Trinajstić information content (AvgIpc) is 2.59. The summed E-state index contributed by atoms with van der Waals surface area (Å²) in [4.78, 5) is 13.3. The Hall–Kier alpha value is -0.990. The molecule has 0 radical (unpaired) electrons. The van der Waals surface area contributed by atoms with Crippen LogP contribution in [0.5, 0.6) is 0 Å². The van der Waals surface area contributed by atoms with E-state index in [1.54, 1.807) is 23.1 Å². The number of nitriles is 1. The van der Waals surface area contributed by atoms with Crippen molar-refractivity contribution in [1.82, 2.24) is 0 Å². The second-order valence-electron chi connectivity index (χ2n) is 5.84. The van der Waals surface area contributed by atoms with Gasteiger partial charge in [0.25, 0.3) is 0 Å². The van der Waals surface area contributed by atoms with Crippen LogP contribution < -0.4 is 5.32 Å². The summed E-state index contributed by atoms with van der Waals surface area (Å²) in [5.74, 6) is 2.05. The van der Waals surface area contributed by atoms with Crippen molar-refractivity contribution >= 4 is 34.0 Å². The zero-order valence-corrected chi connectivity index (χ0v) is 14.3. The average molecular weight is 322 g/mol. The second kappa shape index (κ2) is 7.86. The first-order chi connectivity index (χ1) is 10.1. The first-order valence-electron chi connectivity index (χ1n) is 7.54. The van der Waals surface area contributed by atoms with Crippen molar-refractivity contribution in [2.24, 2.45) is 5.92 Å². The van der Waals surface area contributed by atoms with Gasteiger partial charge in [0.15, 0.2) is 0 Å². The quantitative estimate of drug-likeness (QED) is 0.826. The summed E-state index contributed by atoms with van der Waals surface area (Å²) in [6.45, 7) is 4.30. The standard InChI is InChI=1S/C16H22N2OS2/c1-11(2)9-20-10-15(19)18-16-13(8-17)12-6-4-3-5-7-14(12)21-16/h11H,3-7,9-10H2,1-2H3,(H,18,19). The first kappa shape index (κ1) is 16.4. The van der Waals surface area contributed by atoms with Gasteiger partial charge in [0.05, 0.1) is 11.3 Å². The van der Waals surface area contributed by atoms with Crippen LogP contribution in [0, 0.1) is 17.2 Å². The van der Waals surface area contributed by atoms with Crippen LogP contribution in [0.2, 0.25) is 0 Å². The Kier molecular flexibility index (Phi) is 6.13. The molecule has 1 amide bonds. The van der Waals surface area contributed by atoms with E-state index in [1.165, 1.54) is 23.3 Å². The molecule has 0 aliphatic heterocycles. The molecule has 114 valence electrons. The number of nitrogens with zero attached hydrogens (tertiary/aromatic N) is 1. The van der Waals surface area contributed by atoms with Gasteiger partial charge in [-0.3, -0.25) is 4.79 Å². The van der Waals surface area contributed by atoms with Crippen LogP contribution in [0.1, 0.15) is 49.1 Å². The number of fused-ring (bicyclic) bond motifs is 1. The topological polar surface area (TPSA) is 52.9 Å². The van der Waals surface area contributed by atoms with Crippen LogP contribution in [0.4, 0.5) is 5.00 Å². The molecule has 5 heteroatoms. The van der Waals surface area contributed by atoms with E-state index < -0.39 is 0 Å². The van der Waals surface area contributed by atoms with Gasteiger partial charge in [0.1, 0.15) is 11.1 Å². The minimum Gasteiger partial charge on any atom is -0.316 e. The third kappa shape index (κ3) is 4.49. The SMILES string of the molecule is CC(C)CSCC(=O)Nc1sc2c(c1C#N)CCCCC2. The van der Waals surface area contributed by atoms with Gasteiger partial charge in [-0.25, -0.2) is 0 Å². The maximum absolute atomic E-state index is 12.0. The molecule has 1 aliphatic rings. The fourth-order valence-corrected chi connectivity index (χ4v) is 4.60. The first-order valence-corrected chi connectivity index (χ1v) is 9.51. The molecule has 0 unspecified atom stereocenters. The molecule has 1 aromatic rings. The molecule has 0 bridgehead atoms. The third-order valence-corrected chi connectivity index (χ3v) is 6.05. The number of rotatable bonds is 5. The molecule has 0 saturated carbocycles. The number of thiophene rings is 1. The minimum absolute atomic E-state index is 0.00793. The molecule has 21 heavy (non-hydrogen) atoms. The highest BCUT2D eigenvalue weighted by Crippen LogP contribution is 2.37. The van der Waals surface area contributed by atoms with E-state index in [2.05, 4.69) is 25.2 Å². The minimum atomic E-state index is 0.00793. The third-order valence-electron chi connectivity index (χ3n) is 3.47. The van der Waals surface area contributed by atoms with Gasteiger partial charge in [-0.2, -0.15) is 17.0 Å². The van der Waals surface area contributed by atoms with E-state index in [0.29, 0.717) is 17.2 Å². The van der Waals surface area contributed by atoms with Crippen molar-refractivity contribution in [2.45, 2.75) is 46.0 Å². The van der Waals surface area contributed by atoms with Crippen LogP contribution in [0.15, 0.2) is 0 Å². The smallest absolute Gasteiger partial charge is 0.235 e. The summed E-state index contributed by atoms with van der Waals surface area (Å²) in [6, 6.07) is 2.30. The molecule has 0 aromatic carbocycles. The Morgan fingerprint density at radius 1 is 1.38 bits per heavy atom. The van der Waals surface area contributed by atoms with E-state index in [4.69, 9.17) is 0 Å². The molecule has 0 saturated heterocycles. The maximum atomic E-state index is 12.0. The van der Waals surface area contributed by atoms with Crippen molar-refractivity contribution in [3.8, 4) is 6.07 Å². The molecular formula is C16H22N2OS2. The van der Waals surface area contributed by atoms with E-state index in [1.807, 2.05) is 0 Å². The van der Waals surface area contributed by atoms with Crippen LogP contribution in [0.3, 0.4) is 0 Å². The lowest BCUT2D eigenvalue weighted by molar-refractivity contribution is -0.113. The lowest BCUT2D eigenvalue weighted by Crippen LogP contribution is -2.14. The molecule has 0 atom stereocenters. The van der Waals surface area contributed by atoms with Crippen LogP contribution >= 0.6 is 23.1 Å². The molecular weight excluding hydrogens is 300 g/mol. The zero-order chi connectivity index (χ0) is 15.2. The molecule has 0 spiro atoms. The summed E-state index contributed by atoms with van der Waals surface area (Å²) in [6.07, 6.45) is 5.60. The van der Waals surface area contributed by atoms with Gasteiger partial charge in [-0.05, 0) is 42.9 Å². The Labute approximate surface area is 135 Å². The number of hydrogen-bond donors (Lipinski definition) is 1. The monoisotopic (exact) mass is 322 g/mol. The van der Waals surface area contributed by atoms with Crippen molar-refractivity contribution in [2.75, 3.05) is 16.8 Å². The molecule has 0 fully saturated rings. The van der Waals surface area contributed by atoms with E-state index in [-0.39, 0.29) is 5.91 Å².